The molecular formula is C10H10N2. The molecule has 0 aromatic heterocycles. The number of rotatable bonds is 0. The zero-order valence-electron chi connectivity index (χ0n) is 6.94. The van der Waals surface area contributed by atoms with Crippen LogP contribution in [0, 0.1) is 0 Å². The molecule has 0 radical (unpaired) electrons. The summed E-state index contributed by atoms with van der Waals surface area (Å²) in [6, 6.07) is 8.08. The molecule has 0 saturated carbocycles. The molecule has 0 fully saturated rings. The Kier molecular flexibility index (Phi) is 1.67. The maximum atomic E-state index is 4.28. The van der Waals surface area contributed by atoms with Crippen molar-refractivity contribution in [1.82, 2.24) is 4.90 Å². The predicted octanol–water partition coefficient (Wildman–Crippen LogP) is 0.461. The maximum Gasteiger partial charge on any atom is 0.0717 e. The van der Waals surface area contributed by atoms with Crippen LogP contribution in [0.3, 0.4) is 0 Å². The molecule has 1 aromatic rings. The molecule has 1 aromatic carbocycles. The summed E-state index contributed by atoms with van der Waals surface area (Å²) in [7, 11) is 1.99. The molecule has 1 aliphatic heterocycles. The van der Waals surface area contributed by atoms with Gasteiger partial charge >= 0.3 is 0 Å². The van der Waals surface area contributed by atoms with E-state index in [0.717, 1.165) is 10.6 Å². The molecule has 1 heterocycles. The topological polar surface area (TPSA) is 15.6 Å². The van der Waals surface area contributed by atoms with Crippen molar-refractivity contribution in [2.24, 2.45) is 4.99 Å². The molecule has 0 unspecified atom stereocenters. The van der Waals surface area contributed by atoms with E-state index in [0.29, 0.717) is 0 Å². The van der Waals surface area contributed by atoms with Gasteiger partial charge in [-0.15, -0.1) is 0 Å². The number of benzene rings is 1. The largest absolute Gasteiger partial charge is 0.355 e. The third-order valence-electron chi connectivity index (χ3n) is 1.79. The molecule has 0 N–H and O–H groups in total. The van der Waals surface area contributed by atoms with Gasteiger partial charge in [0, 0.05) is 30.9 Å². The van der Waals surface area contributed by atoms with E-state index in [2.05, 4.69) is 17.3 Å². The monoisotopic (exact) mass is 158 g/mol. The van der Waals surface area contributed by atoms with Crippen LogP contribution in [-0.2, 0) is 0 Å². The van der Waals surface area contributed by atoms with Crippen LogP contribution in [-0.4, -0.2) is 11.9 Å². The number of para-hydroxylation sites is 1. The van der Waals surface area contributed by atoms with Crippen LogP contribution in [0.2, 0.25) is 0 Å². The van der Waals surface area contributed by atoms with E-state index in [-0.39, 0.29) is 0 Å². The molecule has 2 rings (SSSR count). The van der Waals surface area contributed by atoms with Crippen molar-refractivity contribution in [2.45, 2.75) is 0 Å². The second kappa shape index (κ2) is 2.81. The van der Waals surface area contributed by atoms with Crippen LogP contribution < -0.4 is 10.6 Å². The Morgan fingerprint density at radius 2 is 2.08 bits per heavy atom. The molecule has 0 bridgehead atoms. The van der Waals surface area contributed by atoms with Crippen LogP contribution in [0.5, 0.6) is 0 Å². The van der Waals surface area contributed by atoms with Crippen LogP contribution in [0.4, 0.5) is 0 Å². The van der Waals surface area contributed by atoms with E-state index < -0.39 is 0 Å². The quantitative estimate of drug-likeness (QED) is 0.535. The van der Waals surface area contributed by atoms with Crippen molar-refractivity contribution in [3.05, 3.63) is 47.2 Å². The average molecular weight is 158 g/mol. The van der Waals surface area contributed by atoms with Gasteiger partial charge in [0.05, 0.1) is 5.36 Å². The molecule has 0 saturated heterocycles. The Morgan fingerprint density at radius 1 is 1.25 bits per heavy atom. The van der Waals surface area contributed by atoms with Gasteiger partial charge < -0.3 is 4.90 Å². The zero-order valence-corrected chi connectivity index (χ0v) is 6.94. The molecule has 2 nitrogen and oxygen atoms in total. The van der Waals surface area contributed by atoms with E-state index in [1.165, 1.54) is 0 Å². The molecule has 0 atom stereocenters. The van der Waals surface area contributed by atoms with E-state index in [4.69, 9.17) is 0 Å². The van der Waals surface area contributed by atoms with Gasteiger partial charge in [0.25, 0.3) is 0 Å². The van der Waals surface area contributed by atoms with E-state index in [1.54, 1.807) is 0 Å². The highest BCUT2D eigenvalue weighted by Gasteiger charge is 1.90. The first kappa shape index (κ1) is 7.10. The standard InChI is InChI=1S/C10H10N2/c1-12-7-6-11-10-5-3-2-4-9(10)8-12/h2-8H,1H3. The Bertz CT molecular complexity index is 418. The third kappa shape index (κ3) is 1.23. The summed E-state index contributed by atoms with van der Waals surface area (Å²) in [5.41, 5.74) is 0. The second-order valence-electron chi connectivity index (χ2n) is 2.78. The first-order valence-corrected chi connectivity index (χ1v) is 3.89. The SMILES string of the molecule is CN1C=CN=c2ccccc2=C1. The summed E-state index contributed by atoms with van der Waals surface area (Å²) in [6.45, 7) is 0. The highest BCUT2D eigenvalue weighted by Crippen LogP contribution is 1.87. The average Bonchev–Trinajstić information content (AvgIpc) is 2.25. The normalized spacial score (nSPS) is 14.2. The van der Waals surface area contributed by atoms with Gasteiger partial charge in [-0.05, 0) is 6.07 Å². The Balaban J connectivity index is 2.75. The number of nitrogens with zero attached hydrogens (tertiary/aromatic N) is 2. The summed E-state index contributed by atoms with van der Waals surface area (Å²) in [4.78, 5) is 6.28. The first-order valence-electron chi connectivity index (χ1n) is 3.89. The van der Waals surface area contributed by atoms with Gasteiger partial charge in [0.2, 0.25) is 0 Å². The first-order chi connectivity index (χ1) is 5.86. The Morgan fingerprint density at radius 3 is 3.00 bits per heavy atom. The highest BCUT2D eigenvalue weighted by molar-refractivity contribution is 5.25. The molecule has 0 amide bonds. The van der Waals surface area contributed by atoms with Crippen LogP contribution in [0.25, 0.3) is 6.20 Å². The van der Waals surface area contributed by atoms with Crippen molar-refractivity contribution >= 4 is 6.20 Å². The van der Waals surface area contributed by atoms with Crippen LogP contribution in [0.15, 0.2) is 41.7 Å². The van der Waals surface area contributed by atoms with Gasteiger partial charge in [-0.2, -0.15) is 0 Å². The summed E-state index contributed by atoms with van der Waals surface area (Å²) in [5, 5.41) is 2.18. The minimum Gasteiger partial charge on any atom is -0.355 e. The number of fused-ring (bicyclic) bond motifs is 1. The lowest BCUT2D eigenvalue weighted by Gasteiger charge is -2.02. The van der Waals surface area contributed by atoms with Crippen molar-refractivity contribution < 1.29 is 0 Å². The van der Waals surface area contributed by atoms with Crippen LogP contribution in [0.1, 0.15) is 0 Å². The molecule has 0 spiro atoms. The van der Waals surface area contributed by atoms with Gasteiger partial charge in [0.15, 0.2) is 0 Å². The molecule has 2 heteroatoms. The molecule has 12 heavy (non-hydrogen) atoms. The smallest absolute Gasteiger partial charge is 0.0717 e. The summed E-state index contributed by atoms with van der Waals surface area (Å²) in [6.07, 6.45) is 5.80. The number of hydrogen-bond donors (Lipinski definition) is 0. The van der Waals surface area contributed by atoms with Gasteiger partial charge in [0.1, 0.15) is 0 Å². The van der Waals surface area contributed by atoms with E-state index in [1.807, 2.05) is 42.5 Å². The zero-order chi connectivity index (χ0) is 8.39. The molecule has 60 valence electrons. The molecule has 0 aliphatic carbocycles. The van der Waals surface area contributed by atoms with Gasteiger partial charge in [-0.1, -0.05) is 18.2 Å². The van der Waals surface area contributed by atoms with E-state index >= 15 is 0 Å². The fourth-order valence-electron chi connectivity index (χ4n) is 1.20. The lowest BCUT2D eigenvalue weighted by molar-refractivity contribution is 0.680. The van der Waals surface area contributed by atoms with Crippen molar-refractivity contribution in [3.8, 4) is 0 Å². The van der Waals surface area contributed by atoms with Gasteiger partial charge in [-0.3, -0.25) is 4.99 Å². The third-order valence-corrected chi connectivity index (χ3v) is 1.79. The second-order valence-corrected chi connectivity index (χ2v) is 2.78. The highest BCUT2D eigenvalue weighted by atomic mass is 15.1. The fraction of sp³-hybridized carbons (Fsp3) is 0.100. The van der Waals surface area contributed by atoms with E-state index in [9.17, 15) is 0 Å². The summed E-state index contributed by atoms with van der Waals surface area (Å²) >= 11 is 0. The van der Waals surface area contributed by atoms with Crippen molar-refractivity contribution in [1.29, 1.82) is 0 Å². The van der Waals surface area contributed by atoms with Crippen molar-refractivity contribution in [3.63, 3.8) is 0 Å². The lowest BCUT2D eigenvalue weighted by Crippen LogP contribution is -2.24. The Labute approximate surface area is 71.2 Å². The fourth-order valence-corrected chi connectivity index (χ4v) is 1.20. The minimum absolute atomic E-state index is 1.03. The maximum absolute atomic E-state index is 4.28. The predicted molar refractivity (Wildman–Crippen MR) is 48.6 cm³/mol. The van der Waals surface area contributed by atoms with Crippen molar-refractivity contribution in [2.75, 3.05) is 7.05 Å². The van der Waals surface area contributed by atoms with Crippen LogP contribution >= 0.6 is 0 Å². The molecular weight excluding hydrogens is 148 g/mol. The summed E-state index contributed by atoms with van der Waals surface area (Å²) in [5.74, 6) is 0. The number of hydrogen-bond acceptors (Lipinski definition) is 2. The molecule has 1 aliphatic rings. The lowest BCUT2D eigenvalue weighted by atomic mass is 10.3. The minimum atomic E-state index is 1.03. The van der Waals surface area contributed by atoms with Gasteiger partial charge in [-0.25, -0.2) is 0 Å². The Hall–Kier alpha value is -1.57. The summed E-state index contributed by atoms with van der Waals surface area (Å²) < 4.78 is 0.